The van der Waals surface area contributed by atoms with Gasteiger partial charge in [0, 0.05) is 23.8 Å². The Morgan fingerprint density at radius 1 is 0.833 bits per heavy atom. The van der Waals surface area contributed by atoms with Crippen molar-refractivity contribution >= 4 is 28.5 Å². The van der Waals surface area contributed by atoms with E-state index in [4.69, 9.17) is 0 Å². The Bertz CT molecular complexity index is 1120. The molecule has 6 nitrogen and oxygen atoms in total. The summed E-state index contributed by atoms with van der Waals surface area (Å²) >= 11 is 0. The predicted molar refractivity (Wildman–Crippen MR) is 114 cm³/mol. The quantitative estimate of drug-likeness (QED) is 0.506. The van der Waals surface area contributed by atoms with Gasteiger partial charge in [-0.25, -0.2) is 4.98 Å². The smallest absolute Gasteiger partial charge is 0.288 e. The zero-order valence-corrected chi connectivity index (χ0v) is 16.6. The summed E-state index contributed by atoms with van der Waals surface area (Å²) in [4.78, 5) is 41.0. The monoisotopic (exact) mass is 401 g/mol. The Morgan fingerprint density at radius 3 is 2.50 bits per heavy atom. The topological polar surface area (TPSA) is 88.2 Å². The summed E-state index contributed by atoms with van der Waals surface area (Å²) < 4.78 is 0. The molecule has 2 aromatic carbocycles. The molecule has 0 aliphatic heterocycles. The summed E-state index contributed by atoms with van der Waals surface area (Å²) in [6, 6.07) is 16.7. The van der Waals surface area contributed by atoms with Gasteiger partial charge >= 0.3 is 0 Å². The van der Waals surface area contributed by atoms with E-state index in [2.05, 4.69) is 15.8 Å². The summed E-state index contributed by atoms with van der Waals surface area (Å²) in [6.45, 7) is 0. The first-order valence-electron chi connectivity index (χ1n) is 10.2. The van der Waals surface area contributed by atoms with E-state index in [0.29, 0.717) is 11.1 Å². The van der Waals surface area contributed by atoms with Crippen molar-refractivity contribution in [2.75, 3.05) is 0 Å². The first kappa shape index (κ1) is 19.8. The van der Waals surface area contributed by atoms with Crippen molar-refractivity contribution in [3.05, 3.63) is 77.0 Å². The molecule has 1 aliphatic rings. The number of para-hydroxylation sites is 1. The van der Waals surface area contributed by atoms with Crippen molar-refractivity contribution in [1.29, 1.82) is 0 Å². The number of ketones is 1. The third-order valence-electron chi connectivity index (χ3n) is 5.40. The number of aryl methyl sites for hydroxylation is 2. The second-order valence-corrected chi connectivity index (χ2v) is 7.51. The number of hydrogen-bond donors (Lipinski definition) is 2. The maximum Gasteiger partial charge on any atom is 0.288 e. The van der Waals surface area contributed by atoms with E-state index >= 15 is 0 Å². The lowest BCUT2D eigenvalue weighted by Gasteiger charge is -2.16. The molecule has 0 spiro atoms. The van der Waals surface area contributed by atoms with Crippen molar-refractivity contribution in [1.82, 2.24) is 15.8 Å². The van der Waals surface area contributed by atoms with Gasteiger partial charge in [0.15, 0.2) is 5.78 Å². The van der Waals surface area contributed by atoms with Crippen molar-refractivity contribution in [2.24, 2.45) is 0 Å². The van der Waals surface area contributed by atoms with Crippen LogP contribution in [0.3, 0.4) is 0 Å². The molecule has 1 heterocycles. The Kier molecular flexibility index (Phi) is 5.84. The van der Waals surface area contributed by atoms with Gasteiger partial charge in [-0.05, 0) is 55.0 Å². The summed E-state index contributed by atoms with van der Waals surface area (Å²) in [6.07, 6.45) is 4.51. The number of aromatic nitrogens is 1. The maximum atomic E-state index is 12.4. The molecule has 152 valence electrons. The van der Waals surface area contributed by atoms with Crippen LogP contribution in [-0.4, -0.2) is 22.6 Å². The van der Waals surface area contributed by atoms with Crippen LogP contribution >= 0.6 is 0 Å². The second-order valence-electron chi connectivity index (χ2n) is 7.51. The Hall–Kier alpha value is -3.54. The number of Topliss-reactive ketones (excluding diaryl/α,β-unsaturated/α-hetero) is 1. The highest BCUT2D eigenvalue weighted by Gasteiger charge is 2.15. The number of carbonyl (C=O) groups excluding carboxylic acids is 3. The molecule has 0 unspecified atom stereocenters. The standard InChI is InChI=1S/C24H23N3O3/c28-22(19-10-9-16-5-1-2-7-18(16)15-19)13-14-23(29)26-27-24(30)21-12-11-17-6-3-4-8-20(17)25-21/h3-4,6,8-12,15H,1-2,5,7,13-14H2,(H,26,29)(H,27,30). The maximum absolute atomic E-state index is 12.4. The first-order valence-corrected chi connectivity index (χ1v) is 10.2. The fraction of sp³-hybridized carbons (Fsp3) is 0.250. The average Bonchev–Trinajstić information content (AvgIpc) is 2.80. The van der Waals surface area contributed by atoms with Gasteiger partial charge in [0.2, 0.25) is 5.91 Å². The zero-order valence-electron chi connectivity index (χ0n) is 16.6. The number of hydrazine groups is 1. The molecule has 0 saturated heterocycles. The number of hydrogen-bond acceptors (Lipinski definition) is 4. The Balaban J connectivity index is 1.28. The largest absolute Gasteiger partial charge is 0.294 e. The van der Waals surface area contributed by atoms with Gasteiger partial charge < -0.3 is 0 Å². The fourth-order valence-electron chi connectivity index (χ4n) is 3.72. The molecule has 2 N–H and O–H groups in total. The number of nitrogens with zero attached hydrogens (tertiary/aromatic N) is 1. The molecular formula is C24H23N3O3. The van der Waals surface area contributed by atoms with Crippen LogP contribution in [0.5, 0.6) is 0 Å². The summed E-state index contributed by atoms with van der Waals surface area (Å²) in [5.74, 6) is -0.994. The van der Waals surface area contributed by atoms with Gasteiger partial charge in [0.25, 0.3) is 5.91 Å². The summed E-state index contributed by atoms with van der Waals surface area (Å²) in [7, 11) is 0. The van der Waals surface area contributed by atoms with Crippen molar-refractivity contribution in [3.63, 3.8) is 0 Å². The molecule has 4 rings (SSSR count). The highest BCUT2D eigenvalue weighted by Crippen LogP contribution is 2.23. The van der Waals surface area contributed by atoms with Gasteiger partial charge in [-0.1, -0.05) is 36.4 Å². The number of rotatable bonds is 5. The van der Waals surface area contributed by atoms with E-state index in [1.165, 1.54) is 17.5 Å². The molecule has 0 atom stereocenters. The summed E-state index contributed by atoms with van der Waals surface area (Å²) in [5.41, 5.74) is 8.83. The third kappa shape index (κ3) is 4.54. The number of benzene rings is 2. The zero-order chi connectivity index (χ0) is 20.9. The van der Waals surface area contributed by atoms with E-state index in [-0.39, 0.29) is 24.3 Å². The van der Waals surface area contributed by atoms with E-state index < -0.39 is 11.8 Å². The second kappa shape index (κ2) is 8.86. The predicted octanol–water partition coefficient (Wildman–Crippen LogP) is 3.54. The highest BCUT2D eigenvalue weighted by molar-refractivity contribution is 5.99. The first-order chi connectivity index (χ1) is 14.6. The fourth-order valence-corrected chi connectivity index (χ4v) is 3.72. The number of pyridine rings is 1. The molecule has 2 amide bonds. The molecule has 6 heteroatoms. The van der Waals surface area contributed by atoms with Crippen LogP contribution in [0.4, 0.5) is 0 Å². The van der Waals surface area contributed by atoms with Gasteiger partial charge in [-0.3, -0.25) is 25.2 Å². The average molecular weight is 401 g/mol. The number of nitrogens with one attached hydrogen (secondary N) is 2. The van der Waals surface area contributed by atoms with Crippen LogP contribution in [0.1, 0.15) is 57.7 Å². The Morgan fingerprint density at radius 2 is 1.63 bits per heavy atom. The van der Waals surface area contributed by atoms with Crippen LogP contribution in [0.15, 0.2) is 54.6 Å². The third-order valence-corrected chi connectivity index (χ3v) is 5.40. The molecule has 1 aromatic heterocycles. The molecule has 30 heavy (non-hydrogen) atoms. The SMILES string of the molecule is O=C(CCC(=O)c1ccc2c(c1)CCCC2)NNC(=O)c1ccc2ccccc2n1. The van der Waals surface area contributed by atoms with Crippen LogP contribution in [0.2, 0.25) is 0 Å². The molecule has 0 bridgehead atoms. The molecular weight excluding hydrogens is 378 g/mol. The minimum absolute atomic E-state index is 0.00134. The minimum Gasteiger partial charge on any atom is -0.294 e. The Labute approximate surface area is 174 Å². The van der Waals surface area contributed by atoms with Crippen molar-refractivity contribution in [2.45, 2.75) is 38.5 Å². The minimum atomic E-state index is -0.505. The number of fused-ring (bicyclic) bond motifs is 2. The molecule has 1 aliphatic carbocycles. The van der Waals surface area contributed by atoms with Gasteiger partial charge in [0.1, 0.15) is 5.69 Å². The highest BCUT2D eigenvalue weighted by atomic mass is 16.2. The lowest BCUT2D eigenvalue weighted by molar-refractivity contribution is -0.121. The lowest BCUT2D eigenvalue weighted by atomic mass is 9.89. The number of amides is 2. The van der Waals surface area contributed by atoms with Crippen molar-refractivity contribution < 1.29 is 14.4 Å². The van der Waals surface area contributed by atoms with Crippen LogP contribution in [0, 0.1) is 0 Å². The van der Waals surface area contributed by atoms with Crippen LogP contribution in [0.25, 0.3) is 10.9 Å². The van der Waals surface area contributed by atoms with Gasteiger partial charge in [-0.15, -0.1) is 0 Å². The summed E-state index contributed by atoms with van der Waals surface area (Å²) in [5, 5.41) is 0.929. The van der Waals surface area contributed by atoms with E-state index in [9.17, 15) is 14.4 Å². The molecule has 0 saturated carbocycles. The van der Waals surface area contributed by atoms with Gasteiger partial charge in [0.05, 0.1) is 5.52 Å². The molecule has 0 fully saturated rings. The van der Waals surface area contributed by atoms with Crippen molar-refractivity contribution in [3.8, 4) is 0 Å². The van der Waals surface area contributed by atoms with Gasteiger partial charge in [-0.2, -0.15) is 0 Å². The number of carbonyl (C=O) groups is 3. The van der Waals surface area contributed by atoms with E-state index in [0.717, 1.165) is 24.6 Å². The molecule has 0 radical (unpaired) electrons. The van der Waals surface area contributed by atoms with Crippen LogP contribution < -0.4 is 10.9 Å². The van der Waals surface area contributed by atoms with Crippen LogP contribution in [-0.2, 0) is 17.6 Å². The van der Waals surface area contributed by atoms with E-state index in [1.54, 1.807) is 12.1 Å². The van der Waals surface area contributed by atoms with E-state index in [1.807, 2.05) is 42.5 Å². The normalized spacial score (nSPS) is 12.8. The molecule has 3 aromatic rings. The lowest BCUT2D eigenvalue weighted by Crippen LogP contribution is -2.42.